The smallest absolute Gasteiger partial charge is 0.189 e. The first-order valence-corrected chi connectivity index (χ1v) is 12.9. The zero-order valence-electron chi connectivity index (χ0n) is 20.2. The molecule has 0 saturated carbocycles. The fourth-order valence-electron chi connectivity index (χ4n) is 5.09. The van der Waals surface area contributed by atoms with Gasteiger partial charge in [-0.3, -0.25) is 0 Å². The highest BCUT2D eigenvalue weighted by Crippen LogP contribution is 2.49. The second-order valence-electron chi connectivity index (χ2n) is 9.88. The van der Waals surface area contributed by atoms with Gasteiger partial charge in [0.25, 0.3) is 0 Å². The minimum absolute atomic E-state index is 0.000509. The van der Waals surface area contributed by atoms with E-state index in [1.54, 1.807) is 0 Å². The van der Waals surface area contributed by atoms with E-state index in [4.69, 9.17) is 34.8 Å². The molecular formula is C24H36Br2O6. The highest BCUT2D eigenvalue weighted by Gasteiger charge is 2.59. The summed E-state index contributed by atoms with van der Waals surface area (Å²) in [5.74, 6) is 2.07. The average molecular weight is 580 g/mol. The van der Waals surface area contributed by atoms with Crippen LogP contribution >= 0.6 is 31.9 Å². The molecule has 182 valence electrons. The fourth-order valence-corrected chi connectivity index (χ4v) is 5.86. The Balaban J connectivity index is 0.000000182. The van der Waals surface area contributed by atoms with Gasteiger partial charge in [0.1, 0.15) is 17.8 Å². The van der Waals surface area contributed by atoms with Gasteiger partial charge in [0.15, 0.2) is 24.2 Å². The lowest BCUT2D eigenvalue weighted by Gasteiger charge is -2.32. The second-order valence-corrected chi connectivity index (χ2v) is 12.7. The van der Waals surface area contributed by atoms with Crippen LogP contribution in [0, 0.1) is 24.2 Å². The molecule has 8 atom stereocenters. The van der Waals surface area contributed by atoms with Gasteiger partial charge in [0.05, 0.1) is 8.99 Å². The molecule has 0 aromatic carbocycles. The Morgan fingerprint density at radius 1 is 0.812 bits per heavy atom. The van der Waals surface area contributed by atoms with Crippen molar-refractivity contribution in [3.05, 3.63) is 9.47 Å². The lowest BCUT2D eigenvalue weighted by atomic mass is 9.85. The highest BCUT2D eigenvalue weighted by atomic mass is 79.9. The molecule has 0 aromatic rings. The van der Waals surface area contributed by atoms with Gasteiger partial charge in [-0.2, -0.15) is 0 Å². The van der Waals surface area contributed by atoms with Crippen molar-refractivity contribution in [2.75, 3.05) is 0 Å². The minimum atomic E-state index is -0.557. The first-order valence-electron chi connectivity index (χ1n) is 11.3. The van der Waals surface area contributed by atoms with Crippen LogP contribution in [0.3, 0.4) is 0 Å². The van der Waals surface area contributed by atoms with E-state index in [0.29, 0.717) is 0 Å². The maximum atomic E-state index is 6.10. The quantitative estimate of drug-likeness (QED) is 0.393. The van der Waals surface area contributed by atoms with E-state index in [9.17, 15) is 0 Å². The first-order chi connectivity index (χ1) is 14.7. The van der Waals surface area contributed by atoms with Gasteiger partial charge in [-0.15, -0.1) is 6.42 Å². The van der Waals surface area contributed by atoms with Crippen LogP contribution in [0.1, 0.15) is 68.2 Å². The van der Waals surface area contributed by atoms with Crippen LogP contribution in [0.2, 0.25) is 0 Å². The molecule has 0 aliphatic carbocycles. The summed E-state index contributed by atoms with van der Waals surface area (Å²) in [6.07, 6.45) is 8.65. The molecule has 32 heavy (non-hydrogen) atoms. The monoisotopic (exact) mass is 578 g/mol. The fraction of sp³-hybridized carbons (Fsp3) is 0.833. The molecular weight excluding hydrogens is 544 g/mol. The third kappa shape index (κ3) is 4.87. The molecule has 4 aliphatic rings. The second kappa shape index (κ2) is 9.23. The molecule has 4 rings (SSSR count). The highest BCUT2D eigenvalue weighted by molar-refractivity contribution is 9.28. The molecule has 0 spiro atoms. The van der Waals surface area contributed by atoms with E-state index in [-0.39, 0.29) is 42.2 Å². The van der Waals surface area contributed by atoms with Gasteiger partial charge < -0.3 is 28.4 Å². The zero-order chi connectivity index (χ0) is 24.1. The number of rotatable bonds is 3. The molecule has 0 aromatic heterocycles. The molecule has 6 nitrogen and oxygen atoms in total. The predicted molar refractivity (Wildman–Crippen MR) is 129 cm³/mol. The van der Waals surface area contributed by atoms with Crippen molar-refractivity contribution in [2.24, 2.45) is 11.8 Å². The van der Waals surface area contributed by atoms with E-state index in [1.807, 2.05) is 34.6 Å². The Morgan fingerprint density at radius 3 is 1.69 bits per heavy atom. The number of halogens is 2. The van der Waals surface area contributed by atoms with Crippen molar-refractivity contribution >= 4 is 31.9 Å². The molecule has 8 heteroatoms. The van der Waals surface area contributed by atoms with Gasteiger partial charge >= 0.3 is 0 Å². The molecule has 4 saturated heterocycles. The topological polar surface area (TPSA) is 55.4 Å². The van der Waals surface area contributed by atoms with Crippen molar-refractivity contribution in [3.8, 4) is 12.3 Å². The summed E-state index contributed by atoms with van der Waals surface area (Å²) in [6, 6.07) is 0. The molecule has 4 fully saturated rings. The first kappa shape index (κ1) is 26.6. The standard InChI is InChI=1S/C12H18Br2O3.C12H18O3/c1-5-12(6-8(13)14)7(2)9-10(17-12)16-11(3,4)15-9;1-6-12(7-2)8(3)9-10(15-12)14-11(4,5)13-9/h6-7,9-10H,5H2,1-4H3;1,8-10H,7H2,2-5H3/t7?,9-,10-,12-;8?,9-,10-,12+/m00/s1. The number of terminal acetylenes is 1. The Labute approximate surface area is 209 Å². The molecule has 2 unspecified atom stereocenters. The van der Waals surface area contributed by atoms with Crippen LogP contribution in [-0.2, 0) is 28.4 Å². The van der Waals surface area contributed by atoms with E-state index in [0.717, 1.165) is 16.2 Å². The molecule has 0 amide bonds. The molecule has 0 bridgehead atoms. The lowest BCUT2D eigenvalue weighted by Crippen LogP contribution is -2.37. The van der Waals surface area contributed by atoms with E-state index < -0.39 is 17.2 Å². The number of hydrogen-bond acceptors (Lipinski definition) is 6. The van der Waals surface area contributed by atoms with Crippen molar-refractivity contribution < 1.29 is 28.4 Å². The van der Waals surface area contributed by atoms with Crippen LogP contribution in [0.4, 0.5) is 0 Å². The van der Waals surface area contributed by atoms with Crippen molar-refractivity contribution in [1.29, 1.82) is 0 Å². The number of hydrogen-bond donors (Lipinski definition) is 0. The number of ether oxygens (including phenoxy) is 6. The van der Waals surface area contributed by atoms with Gasteiger partial charge in [-0.25, -0.2) is 0 Å². The predicted octanol–water partition coefficient (Wildman–Crippen LogP) is 5.82. The summed E-state index contributed by atoms with van der Waals surface area (Å²) >= 11 is 6.81. The summed E-state index contributed by atoms with van der Waals surface area (Å²) in [4.78, 5) is 0. The Morgan fingerprint density at radius 2 is 1.31 bits per heavy atom. The summed E-state index contributed by atoms with van der Waals surface area (Å²) < 4.78 is 36.0. The summed E-state index contributed by atoms with van der Waals surface area (Å²) in [5.41, 5.74) is -0.847. The van der Waals surface area contributed by atoms with Gasteiger partial charge in [-0.05, 0) is 78.5 Å². The molecule has 4 heterocycles. The summed E-state index contributed by atoms with van der Waals surface area (Å²) in [5, 5.41) is 0. The van der Waals surface area contributed by atoms with Gasteiger partial charge in [0.2, 0.25) is 0 Å². The third-order valence-corrected chi connectivity index (χ3v) is 7.46. The van der Waals surface area contributed by atoms with E-state index in [1.165, 1.54) is 0 Å². The van der Waals surface area contributed by atoms with E-state index in [2.05, 4.69) is 64.6 Å². The third-order valence-electron chi connectivity index (χ3n) is 7.01. The van der Waals surface area contributed by atoms with E-state index >= 15 is 0 Å². The lowest BCUT2D eigenvalue weighted by molar-refractivity contribution is -0.223. The van der Waals surface area contributed by atoms with Crippen molar-refractivity contribution in [1.82, 2.24) is 0 Å². The van der Waals surface area contributed by atoms with Crippen LogP contribution in [0.5, 0.6) is 0 Å². The van der Waals surface area contributed by atoms with Crippen LogP contribution < -0.4 is 0 Å². The van der Waals surface area contributed by atoms with Crippen LogP contribution in [-0.4, -0.2) is 47.6 Å². The average Bonchev–Trinajstić information content (AvgIpc) is 3.32. The number of fused-ring (bicyclic) bond motifs is 2. The maximum Gasteiger partial charge on any atom is 0.189 e. The normalized spacial score (nSPS) is 45.4. The van der Waals surface area contributed by atoms with Crippen LogP contribution in [0.15, 0.2) is 9.47 Å². The largest absolute Gasteiger partial charge is 0.341 e. The molecule has 0 N–H and O–H groups in total. The van der Waals surface area contributed by atoms with Crippen molar-refractivity contribution in [3.63, 3.8) is 0 Å². The van der Waals surface area contributed by atoms with Gasteiger partial charge in [0, 0.05) is 11.8 Å². The van der Waals surface area contributed by atoms with Crippen molar-refractivity contribution in [2.45, 2.75) is 116 Å². The Hall–Kier alpha value is 0.0200. The Kier molecular flexibility index (Phi) is 7.68. The Bertz CT molecular complexity index is 773. The SMILES string of the molecule is C#C[C@]1(CC)O[C@@H]2OC(C)(C)O[C@H]2C1C.CC[C@@]1(C=C(Br)Br)O[C@@H]2OC(C)(C)O[C@H]2C1C. The maximum absolute atomic E-state index is 6.10. The summed E-state index contributed by atoms with van der Waals surface area (Å²) in [6.45, 7) is 16.0. The minimum Gasteiger partial charge on any atom is -0.341 e. The zero-order valence-corrected chi connectivity index (χ0v) is 23.4. The van der Waals surface area contributed by atoms with Crippen LogP contribution in [0.25, 0.3) is 0 Å². The molecule has 0 radical (unpaired) electrons. The van der Waals surface area contributed by atoms with Gasteiger partial charge in [-0.1, -0.05) is 33.6 Å². The summed E-state index contributed by atoms with van der Waals surface area (Å²) in [7, 11) is 0. The molecule has 4 aliphatic heterocycles.